The molecule has 6 heteroatoms. The number of alkyl halides is 1. The third-order valence-electron chi connectivity index (χ3n) is 2.89. The fraction of sp³-hybridized carbons (Fsp3) is 0.417. The van der Waals surface area contributed by atoms with E-state index in [0.29, 0.717) is 9.61 Å². The van der Waals surface area contributed by atoms with Gasteiger partial charge >= 0.3 is 0 Å². The minimum atomic E-state index is -0.467. The Balaban J connectivity index is 1.91. The van der Waals surface area contributed by atoms with Crippen LogP contribution in [0.4, 0.5) is 4.39 Å². The average Bonchev–Trinajstić information content (AvgIpc) is 2.77. The Hall–Kier alpha value is -0.400. The van der Waals surface area contributed by atoms with E-state index in [4.69, 9.17) is 11.6 Å². The van der Waals surface area contributed by atoms with Crippen LogP contribution in [0.15, 0.2) is 18.2 Å². The molecule has 0 unspecified atom stereocenters. The number of carbonyl (C=O) groups excluding carboxylic acids is 1. The van der Waals surface area contributed by atoms with Crippen molar-refractivity contribution in [2.24, 2.45) is 0 Å². The third-order valence-corrected chi connectivity index (χ3v) is 4.17. The lowest BCUT2D eigenvalue weighted by molar-refractivity contribution is -0.122. The van der Waals surface area contributed by atoms with Gasteiger partial charge in [-0.1, -0.05) is 46.3 Å². The van der Waals surface area contributed by atoms with E-state index in [1.54, 1.807) is 12.1 Å². The lowest BCUT2D eigenvalue weighted by atomic mass is 10.2. The SMILES string of the molecule is O=C(NCc1cccc(Cl)c1F)[C@@H]1CC[C@@H](I)N1. The fourth-order valence-corrected chi connectivity index (χ4v) is 2.88. The molecule has 1 aliphatic heterocycles. The van der Waals surface area contributed by atoms with Gasteiger partial charge in [0, 0.05) is 12.1 Å². The number of carbonyl (C=O) groups is 1. The highest BCUT2D eigenvalue weighted by Gasteiger charge is 2.27. The molecule has 1 fully saturated rings. The van der Waals surface area contributed by atoms with E-state index in [-0.39, 0.29) is 23.5 Å². The van der Waals surface area contributed by atoms with E-state index in [9.17, 15) is 9.18 Å². The van der Waals surface area contributed by atoms with Crippen molar-refractivity contribution in [1.82, 2.24) is 10.6 Å². The highest BCUT2D eigenvalue weighted by Crippen LogP contribution is 2.19. The molecule has 0 spiro atoms. The van der Waals surface area contributed by atoms with Gasteiger partial charge in [-0.3, -0.25) is 10.1 Å². The van der Waals surface area contributed by atoms with Crippen LogP contribution in [-0.4, -0.2) is 16.0 Å². The smallest absolute Gasteiger partial charge is 0.237 e. The largest absolute Gasteiger partial charge is 0.351 e. The molecule has 98 valence electrons. The second-order valence-electron chi connectivity index (χ2n) is 4.19. The molecule has 1 aliphatic rings. The van der Waals surface area contributed by atoms with Crippen molar-refractivity contribution >= 4 is 40.1 Å². The van der Waals surface area contributed by atoms with Crippen LogP contribution >= 0.6 is 34.2 Å². The van der Waals surface area contributed by atoms with Crippen LogP contribution in [-0.2, 0) is 11.3 Å². The summed E-state index contributed by atoms with van der Waals surface area (Å²) in [6.45, 7) is 0.162. The Morgan fingerprint density at radius 1 is 1.56 bits per heavy atom. The summed E-state index contributed by atoms with van der Waals surface area (Å²) in [6, 6.07) is 4.60. The van der Waals surface area contributed by atoms with Gasteiger partial charge in [-0.05, 0) is 18.9 Å². The van der Waals surface area contributed by atoms with Crippen LogP contribution in [0.1, 0.15) is 18.4 Å². The molecule has 2 atom stereocenters. The number of amides is 1. The molecule has 3 nitrogen and oxygen atoms in total. The van der Waals surface area contributed by atoms with Crippen molar-refractivity contribution in [3.8, 4) is 0 Å². The predicted molar refractivity (Wildman–Crippen MR) is 77.2 cm³/mol. The molecule has 1 saturated heterocycles. The van der Waals surface area contributed by atoms with E-state index >= 15 is 0 Å². The number of rotatable bonds is 3. The first-order valence-electron chi connectivity index (χ1n) is 5.68. The molecule has 1 amide bonds. The second kappa shape index (κ2) is 6.16. The summed E-state index contributed by atoms with van der Waals surface area (Å²) >= 11 is 7.94. The Morgan fingerprint density at radius 3 is 3.00 bits per heavy atom. The number of halogens is 3. The standard InChI is InChI=1S/C12H13ClFIN2O/c13-8-3-1-2-7(11(8)14)6-16-12(18)9-4-5-10(15)17-9/h1-3,9-10,17H,4-6H2,(H,16,18)/t9-,10-/m0/s1. The summed E-state index contributed by atoms with van der Waals surface area (Å²) in [7, 11) is 0. The number of hydrogen-bond donors (Lipinski definition) is 2. The fourth-order valence-electron chi connectivity index (χ4n) is 1.90. The van der Waals surface area contributed by atoms with Crippen molar-refractivity contribution in [3.63, 3.8) is 0 Å². The minimum absolute atomic E-state index is 0.0769. The normalized spacial score (nSPS) is 23.1. The van der Waals surface area contributed by atoms with Crippen molar-refractivity contribution in [3.05, 3.63) is 34.6 Å². The van der Waals surface area contributed by atoms with Crippen LogP contribution in [0.5, 0.6) is 0 Å². The Kier molecular flexibility index (Phi) is 4.80. The highest BCUT2D eigenvalue weighted by atomic mass is 127. The van der Waals surface area contributed by atoms with Crippen molar-refractivity contribution in [2.45, 2.75) is 29.5 Å². The number of hydrogen-bond acceptors (Lipinski definition) is 2. The minimum Gasteiger partial charge on any atom is -0.351 e. The number of nitrogens with one attached hydrogen (secondary N) is 2. The van der Waals surface area contributed by atoms with E-state index < -0.39 is 5.82 Å². The lowest BCUT2D eigenvalue weighted by Crippen LogP contribution is -2.41. The summed E-state index contributed by atoms with van der Waals surface area (Å²) in [4.78, 5) is 11.8. The van der Waals surface area contributed by atoms with E-state index in [0.717, 1.165) is 12.8 Å². The van der Waals surface area contributed by atoms with E-state index in [1.807, 2.05) is 0 Å². The third kappa shape index (κ3) is 3.33. The van der Waals surface area contributed by atoms with Gasteiger partial charge in [0.15, 0.2) is 0 Å². The van der Waals surface area contributed by atoms with Gasteiger partial charge in [0.05, 0.1) is 15.1 Å². The van der Waals surface area contributed by atoms with Gasteiger partial charge in [0.2, 0.25) is 5.91 Å². The molecular weight excluding hydrogens is 369 g/mol. The van der Waals surface area contributed by atoms with Crippen LogP contribution in [0, 0.1) is 5.82 Å². The molecule has 1 aromatic rings. The van der Waals surface area contributed by atoms with Gasteiger partial charge in [0.25, 0.3) is 0 Å². The Morgan fingerprint density at radius 2 is 2.33 bits per heavy atom. The first-order chi connectivity index (χ1) is 8.58. The molecule has 1 heterocycles. The Bertz CT molecular complexity index is 458. The van der Waals surface area contributed by atoms with Gasteiger partial charge in [-0.25, -0.2) is 4.39 Å². The molecule has 18 heavy (non-hydrogen) atoms. The zero-order valence-corrected chi connectivity index (χ0v) is 12.5. The number of benzene rings is 1. The molecule has 0 radical (unpaired) electrons. The zero-order valence-electron chi connectivity index (χ0n) is 9.55. The lowest BCUT2D eigenvalue weighted by Gasteiger charge is -2.12. The monoisotopic (exact) mass is 382 g/mol. The summed E-state index contributed by atoms with van der Waals surface area (Å²) in [5.41, 5.74) is 0.403. The van der Waals surface area contributed by atoms with E-state index in [2.05, 4.69) is 33.2 Å². The molecule has 0 aromatic heterocycles. The van der Waals surface area contributed by atoms with Crippen LogP contribution in [0.25, 0.3) is 0 Å². The summed E-state index contributed by atoms with van der Waals surface area (Å²) < 4.78 is 13.9. The average molecular weight is 383 g/mol. The van der Waals surface area contributed by atoms with Gasteiger partial charge in [-0.15, -0.1) is 0 Å². The molecule has 0 bridgehead atoms. The quantitative estimate of drug-likeness (QED) is 0.479. The molecule has 0 saturated carbocycles. The highest BCUT2D eigenvalue weighted by molar-refractivity contribution is 14.1. The molecule has 2 N–H and O–H groups in total. The maximum absolute atomic E-state index is 13.6. The maximum Gasteiger partial charge on any atom is 0.237 e. The van der Waals surface area contributed by atoms with Crippen LogP contribution < -0.4 is 10.6 Å². The molecular formula is C12H13ClFIN2O. The second-order valence-corrected chi connectivity index (χ2v) is 6.11. The van der Waals surface area contributed by atoms with Gasteiger partial charge < -0.3 is 5.32 Å². The molecule has 0 aliphatic carbocycles. The summed E-state index contributed by atoms with van der Waals surface area (Å²) in [5, 5.41) is 5.97. The van der Waals surface area contributed by atoms with Gasteiger partial charge in [0.1, 0.15) is 5.82 Å². The Labute approximate surface area is 124 Å². The first kappa shape index (κ1) is 14.0. The van der Waals surface area contributed by atoms with Crippen LogP contribution in [0.3, 0.4) is 0 Å². The summed E-state index contributed by atoms with van der Waals surface area (Å²) in [5.74, 6) is -0.556. The summed E-state index contributed by atoms with van der Waals surface area (Å²) in [6.07, 6.45) is 1.79. The van der Waals surface area contributed by atoms with E-state index in [1.165, 1.54) is 6.07 Å². The predicted octanol–water partition coefficient (Wildman–Crippen LogP) is 2.61. The topological polar surface area (TPSA) is 41.1 Å². The molecule has 2 rings (SSSR count). The maximum atomic E-state index is 13.6. The zero-order chi connectivity index (χ0) is 13.1. The van der Waals surface area contributed by atoms with Gasteiger partial charge in [-0.2, -0.15) is 0 Å². The molecule has 1 aromatic carbocycles. The first-order valence-corrected chi connectivity index (χ1v) is 7.31. The van der Waals surface area contributed by atoms with Crippen molar-refractivity contribution < 1.29 is 9.18 Å². The van der Waals surface area contributed by atoms with Crippen molar-refractivity contribution in [2.75, 3.05) is 0 Å². The van der Waals surface area contributed by atoms with Crippen LogP contribution in [0.2, 0.25) is 5.02 Å². The van der Waals surface area contributed by atoms with Crippen molar-refractivity contribution in [1.29, 1.82) is 0 Å².